The standard InChI is InChI=1S/C16H22N4O2/c1-2-8-20-9-4-5-11(10-20)15-18-12-6-3-7-13(14(12)19-15)22-16(17)21/h3,6-7,11H,2,4-5,8-10H2,1H3,(H2,17,21)(H,18,19). The summed E-state index contributed by atoms with van der Waals surface area (Å²) in [5.41, 5.74) is 6.66. The summed E-state index contributed by atoms with van der Waals surface area (Å²) in [4.78, 5) is 21.5. The maximum atomic E-state index is 11.0. The number of H-pyrrole nitrogens is 1. The number of likely N-dealkylation sites (tertiary alicyclic amines) is 1. The second-order valence-corrected chi connectivity index (χ2v) is 5.84. The maximum absolute atomic E-state index is 11.0. The Morgan fingerprint density at radius 3 is 3.18 bits per heavy atom. The van der Waals surface area contributed by atoms with Gasteiger partial charge >= 0.3 is 6.09 Å². The van der Waals surface area contributed by atoms with Crippen molar-refractivity contribution in [1.82, 2.24) is 14.9 Å². The minimum atomic E-state index is -0.816. The van der Waals surface area contributed by atoms with Crippen LogP contribution in [-0.4, -0.2) is 40.6 Å². The first-order valence-electron chi connectivity index (χ1n) is 7.85. The molecule has 1 aromatic heterocycles. The van der Waals surface area contributed by atoms with Crippen LogP contribution in [0, 0.1) is 0 Å². The molecular weight excluding hydrogens is 280 g/mol. The van der Waals surface area contributed by atoms with Gasteiger partial charge in [-0.05, 0) is 44.5 Å². The molecule has 0 spiro atoms. The largest absolute Gasteiger partial charge is 0.410 e. The molecule has 0 aliphatic carbocycles. The molecule has 6 nitrogen and oxygen atoms in total. The minimum Gasteiger partial charge on any atom is -0.408 e. The van der Waals surface area contributed by atoms with Crippen molar-refractivity contribution in [2.75, 3.05) is 19.6 Å². The Morgan fingerprint density at radius 1 is 1.55 bits per heavy atom. The van der Waals surface area contributed by atoms with Crippen molar-refractivity contribution in [3.8, 4) is 5.75 Å². The van der Waals surface area contributed by atoms with Crippen molar-refractivity contribution in [3.63, 3.8) is 0 Å². The van der Waals surface area contributed by atoms with Gasteiger partial charge in [0, 0.05) is 12.5 Å². The fourth-order valence-corrected chi connectivity index (χ4v) is 3.21. The number of imidazole rings is 1. The van der Waals surface area contributed by atoms with Crippen LogP contribution in [0.15, 0.2) is 18.2 Å². The lowest BCUT2D eigenvalue weighted by Crippen LogP contribution is -2.35. The molecule has 2 aromatic rings. The molecule has 0 bridgehead atoms. The monoisotopic (exact) mass is 302 g/mol. The number of nitrogens with one attached hydrogen (secondary N) is 1. The number of rotatable bonds is 4. The summed E-state index contributed by atoms with van der Waals surface area (Å²) in [5.74, 6) is 1.78. The second kappa shape index (κ2) is 6.36. The Morgan fingerprint density at radius 2 is 2.41 bits per heavy atom. The normalized spacial score (nSPS) is 19.4. The number of carbonyl (C=O) groups excluding carboxylic acids is 1. The fourth-order valence-electron chi connectivity index (χ4n) is 3.21. The van der Waals surface area contributed by atoms with Gasteiger partial charge in [-0.25, -0.2) is 9.78 Å². The van der Waals surface area contributed by atoms with E-state index in [1.54, 1.807) is 6.07 Å². The van der Waals surface area contributed by atoms with Gasteiger partial charge < -0.3 is 20.4 Å². The lowest BCUT2D eigenvalue weighted by molar-refractivity contribution is 0.205. The fraction of sp³-hybridized carbons (Fsp3) is 0.500. The van der Waals surface area contributed by atoms with Crippen LogP contribution in [-0.2, 0) is 0 Å². The van der Waals surface area contributed by atoms with E-state index < -0.39 is 6.09 Å². The number of carbonyl (C=O) groups is 1. The molecule has 0 saturated carbocycles. The molecular formula is C16H22N4O2. The number of aromatic amines is 1. The van der Waals surface area contributed by atoms with E-state index in [-0.39, 0.29) is 0 Å². The highest BCUT2D eigenvalue weighted by atomic mass is 16.5. The molecule has 22 heavy (non-hydrogen) atoms. The van der Waals surface area contributed by atoms with Crippen LogP contribution in [0.5, 0.6) is 5.75 Å². The van der Waals surface area contributed by atoms with Crippen molar-refractivity contribution in [1.29, 1.82) is 0 Å². The average molecular weight is 302 g/mol. The van der Waals surface area contributed by atoms with E-state index in [1.165, 1.54) is 19.4 Å². The van der Waals surface area contributed by atoms with Gasteiger partial charge in [-0.2, -0.15) is 0 Å². The Labute approximate surface area is 129 Å². The summed E-state index contributed by atoms with van der Waals surface area (Å²) in [6.07, 6.45) is 2.67. The molecule has 1 fully saturated rings. The number of benzene rings is 1. The smallest absolute Gasteiger partial charge is 0.408 e. The molecule has 1 aliphatic rings. The first-order chi connectivity index (χ1) is 10.7. The zero-order valence-electron chi connectivity index (χ0n) is 12.8. The summed E-state index contributed by atoms with van der Waals surface area (Å²) in [7, 11) is 0. The summed E-state index contributed by atoms with van der Waals surface area (Å²) >= 11 is 0. The highest BCUT2D eigenvalue weighted by Crippen LogP contribution is 2.30. The molecule has 1 aliphatic heterocycles. The van der Waals surface area contributed by atoms with Gasteiger partial charge in [-0.3, -0.25) is 0 Å². The van der Waals surface area contributed by atoms with Crippen LogP contribution in [0.4, 0.5) is 4.79 Å². The molecule has 1 atom stereocenters. The highest BCUT2D eigenvalue weighted by molar-refractivity contribution is 5.84. The third kappa shape index (κ3) is 3.06. The van der Waals surface area contributed by atoms with Crippen molar-refractivity contribution < 1.29 is 9.53 Å². The third-order valence-electron chi connectivity index (χ3n) is 4.14. The van der Waals surface area contributed by atoms with Gasteiger partial charge in [0.15, 0.2) is 5.75 Å². The Balaban J connectivity index is 1.86. The summed E-state index contributed by atoms with van der Waals surface area (Å²) in [6, 6.07) is 5.47. The number of ether oxygens (including phenoxy) is 1. The molecule has 1 saturated heterocycles. The van der Waals surface area contributed by atoms with Crippen LogP contribution in [0.3, 0.4) is 0 Å². The summed E-state index contributed by atoms with van der Waals surface area (Å²) in [5, 5.41) is 0. The number of fused-ring (bicyclic) bond motifs is 1. The molecule has 1 amide bonds. The van der Waals surface area contributed by atoms with E-state index in [0.29, 0.717) is 17.2 Å². The van der Waals surface area contributed by atoms with E-state index in [9.17, 15) is 4.79 Å². The van der Waals surface area contributed by atoms with E-state index in [0.717, 1.165) is 30.9 Å². The van der Waals surface area contributed by atoms with E-state index in [2.05, 4.69) is 21.8 Å². The predicted molar refractivity (Wildman–Crippen MR) is 85.0 cm³/mol. The molecule has 1 unspecified atom stereocenters. The number of aromatic nitrogens is 2. The maximum Gasteiger partial charge on any atom is 0.410 e. The molecule has 0 radical (unpaired) electrons. The van der Waals surface area contributed by atoms with Gasteiger partial charge in [0.1, 0.15) is 11.3 Å². The quantitative estimate of drug-likeness (QED) is 0.909. The Kier molecular flexibility index (Phi) is 4.29. The number of nitrogens with two attached hydrogens (primary N) is 1. The predicted octanol–water partition coefficient (Wildman–Crippen LogP) is 2.61. The number of hydrogen-bond donors (Lipinski definition) is 2. The highest BCUT2D eigenvalue weighted by Gasteiger charge is 2.24. The number of piperidine rings is 1. The van der Waals surface area contributed by atoms with E-state index >= 15 is 0 Å². The van der Waals surface area contributed by atoms with Gasteiger partial charge in [0.2, 0.25) is 0 Å². The van der Waals surface area contributed by atoms with Crippen LogP contribution in [0.2, 0.25) is 0 Å². The summed E-state index contributed by atoms with van der Waals surface area (Å²) in [6.45, 7) is 5.53. The second-order valence-electron chi connectivity index (χ2n) is 5.84. The van der Waals surface area contributed by atoms with Gasteiger partial charge in [0.25, 0.3) is 0 Å². The van der Waals surface area contributed by atoms with Crippen LogP contribution >= 0.6 is 0 Å². The third-order valence-corrected chi connectivity index (χ3v) is 4.14. The molecule has 2 heterocycles. The Hall–Kier alpha value is -2.08. The molecule has 118 valence electrons. The van der Waals surface area contributed by atoms with Crippen molar-refractivity contribution >= 4 is 17.1 Å². The Bertz CT molecular complexity index is 665. The van der Waals surface area contributed by atoms with Gasteiger partial charge in [-0.1, -0.05) is 13.0 Å². The van der Waals surface area contributed by atoms with Crippen LogP contribution in [0.1, 0.15) is 37.9 Å². The number of para-hydroxylation sites is 1. The zero-order chi connectivity index (χ0) is 15.5. The first-order valence-corrected chi connectivity index (χ1v) is 7.85. The minimum absolute atomic E-state index is 0.397. The number of amides is 1. The number of primary amides is 1. The van der Waals surface area contributed by atoms with E-state index in [1.807, 2.05) is 12.1 Å². The zero-order valence-corrected chi connectivity index (χ0v) is 12.8. The van der Waals surface area contributed by atoms with Crippen molar-refractivity contribution in [2.45, 2.75) is 32.1 Å². The number of hydrogen-bond acceptors (Lipinski definition) is 4. The van der Waals surface area contributed by atoms with E-state index in [4.69, 9.17) is 10.5 Å². The molecule has 6 heteroatoms. The van der Waals surface area contributed by atoms with Crippen LogP contribution < -0.4 is 10.5 Å². The lowest BCUT2D eigenvalue weighted by atomic mass is 9.97. The van der Waals surface area contributed by atoms with Crippen molar-refractivity contribution in [2.24, 2.45) is 5.73 Å². The SMILES string of the molecule is CCCN1CCCC(c2nc3c(OC(N)=O)cccc3[nH]2)C1. The average Bonchev–Trinajstić information content (AvgIpc) is 2.93. The topological polar surface area (TPSA) is 84.2 Å². The molecule has 3 rings (SSSR count). The van der Waals surface area contributed by atoms with Gasteiger partial charge in [0.05, 0.1) is 5.52 Å². The number of nitrogens with zero attached hydrogens (tertiary/aromatic N) is 2. The van der Waals surface area contributed by atoms with Crippen LogP contribution in [0.25, 0.3) is 11.0 Å². The van der Waals surface area contributed by atoms with Crippen molar-refractivity contribution in [3.05, 3.63) is 24.0 Å². The van der Waals surface area contributed by atoms with Gasteiger partial charge in [-0.15, -0.1) is 0 Å². The first kappa shape index (κ1) is 14.8. The lowest BCUT2D eigenvalue weighted by Gasteiger charge is -2.31. The summed E-state index contributed by atoms with van der Waals surface area (Å²) < 4.78 is 5.03. The molecule has 3 N–H and O–H groups in total. The molecule has 1 aromatic carbocycles.